The zero-order valence-electron chi connectivity index (χ0n) is 22.3. The summed E-state index contributed by atoms with van der Waals surface area (Å²) in [5.74, 6) is 1.12. The highest BCUT2D eigenvalue weighted by molar-refractivity contribution is 6.07. The van der Waals surface area contributed by atoms with Crippen LogP contribution >= 0.6 is 0 Å². The van der Waals surface area contributed by atoms with Gasteiger partial charge in [0.1, 0.15) is 11.5 Å². The van der Waals surface area contributed by atoms with E-state index in [0.717, 1.165) is 40.5 Å². The van der Waals surface area contributed by atoms with E-state index in [1.165, 1.54) is 34.2 Å². The Kier molecular flexibility index (Phi) is 4.90. The lowest BCUT2D eigenvalue weighted by molar-refractivity contribution is 0.0645. The predicted octanol–water partition coefficient (Wildman–Crippen LogP) is 9.03. The van der Waals surface area contributed by atoms with E-state index in [4.69, 9.17) is 4.74 Å². The van der Waals surface area contributed by atoms with E-state index in [2.05, 4.69) is 95.3 Å². The third kappa shape index (κ3) is 3.38. The van der Waals surface area contributed by atoms with Gasteiger partial charge in [0.25, 0.3) is 0 Å². The SMILES string of the molecule is COc1cc2c(O)cc3c(c2cc1-c1ccc(C)cc1)-c1ccccc1C31CC(C)(C)CC(C)(C)C1. The van der Waals surface area contributed by atoms with Crippen LogP contribution in [-0.4, -0.2) is 12.2 Å². The number of aromatic hydroxyl groups is 1. The molecule has 0 saturated heterocycles. The standard InChI is InChI=1S/C34H36O2/c1-21-11-13-22(14-12-21)24-15-26-25(16-30(24)36-6)29(35)17-28-31(26)23-9-7-8-10-27(23)34(28)19-32(2,3)18-33(4,5)20-34/h7-17,35H,18-20H2,1-6H3. The van der Waals surface area contributed by atoms with Gasteiger partial charge in [0, 0.05) is 16.4 Å². The summed E-state index contributed by atoms with van der Waals surface area (Å²) in [5.41, 5.74) is 9.01. The van der Waals surface area contributed by atoms with Crippen LogP contribution in [0.1, 0.15) is 63.6 Å². The monoisotopic (exact) mass is 476 g/mol. The van der Waals surface area contributed by atoms with Crippen molar-refractivity contribution in [3.63, 3.8) is 0 Å². The number of hydrogen-bond donors (Lipinski definition) is 1. The predicted molar refractivity (Wildman–Crippen MR) is 150 cm³/mol. The van der Waals surface area contributed by atoms with Gasteiger partial charge in [-0.15, -0.1) is 0 Å². The van der Waals surface area contributed by atoms with Gasteiger partial charge < -0.3 is 9.84 Å². The average molecular weight is 477 g/mol. The van der Waals surface area contributed by atoms with Gasteiger partial charge in [-0.25, -0.2) is 0 Å². The van der Waals surface area contributed by atoms with E-state index < -0.39 is 0 Å². The zero-order valence-corrected chi connectivity index (χ0v) is 22.3. The minimum atomic E-state index is -0.104. The highest BCUT2D eigenvalue weighted by Crippen LogP contribution is 2.65. The van der Waals surface area contributed by atoms with Crippen LogP contribution in [0.4, 0.5) is 0 Å². The molecule has 1 saturated carbocycles. The molecule has 1 spiro atoms. The molecule has 0 amide bonds. The van der Waals surface area contributed by atoms with E-state index in [9.17, 15) is 5.11 Å². The fourth-order valence-corrected chi connectivity index (χ4v) is 7.99. The Labute approximate surface area is 215 Å². The van der Waals surface area contributed by atoms with E-state index in [-0.39, 0.29) is 16.2 Å². The molecule has 4 aromatic rings. The Balaban J connectivity index is 1.71. The van der Waals surface area contributed by atoms with Gasteiger partial charge in [-0.2, -0.15) is 0 Å². The molecule has 36 heavy (non-hydrogen) atoms. The summed E-state index contributed by atoms with van der Waals surface area (Å²) in [7, 11) is 1.71. The summed E-state index contributed by atoms with van der Waals surface area (Å²) in [6, 6.07) is 23.9. The van der Waals surface area contributed by atoms with Gasteiger partial charge in [0.05, 0.1) is 7.11 Å². The summed E-state index contributed by atoms with van der Waals surface area (Å²) >= 11 is 0. The van der Waals surface area contributed by atoms with Crippen molar-refractivity contribution in [3.05, 3.63) is 83.4 Å². The van der Waals surface area contributed by atoms with Crippen LogP contribution in [0.5, 0.6) is 11.5 Å². The van der Waals surface area contributed by atoms with Crippen LogP contribution in [0.25, 0.3) is 33.0 Å². The fourth-order valence-electron chi connectivity index (χ4n) is 7.99. The van der Waals surface area contributed by atoms with Crippen molar-refractivity contribution < 1.29 is 9.84 Å². The number of aryl methyl sites for hydroxylation is 1. The number of hydrogen-bond acceptors (Lipinski definition) is 2. The Morgan fingerprint density at radius 2 is 1.39 bits per heavy atom. The molecular formula is C34H36O2. The first kappa shape index (κ1) is 23.2. The summed E-state index contributed by atoms with van der Waals surface area (Å²) in [5, 5.41) is 13.4. The molecule has 0 radical (unpaired) electrons. The normalized spacial score (nSPS) is 18.7. The second-order valence-electron chi connectivity index (χ2n) is 12.8. The summed E-state index contributed by atoms with van der Waals surface area (Å²) in [4.78, 5) is 0. The minimum absolute atomic E-state index is 0.104. The molecule has 184 valence electrons. The average Bonchev–Trinajstić information content (AvgIpc) is 3.05. The molecule has 0 aliphatic heterocycles. The quantitative estimate of drug-likeness (QED) is 0.313. The number of phenols is 1. The van der Waals surface area contributed by atoms with E-state index in [0.29, 0.717) is 5.75 Å². The molecule has 6 rings (SSSR count). The van der Waals surface area contributed by atoms with Crippen LogP contribution < -0.4 is 4.74 Å². The largest absolute Gasteiger partial charge is 0.507 e. The van der Waals surface area contributed by atoms with E-state index in [1.54, 1.807) is 7.11 Å². The summed E-state index contributed by atoms with van der Waals surface area (Å²) in [6.45, 7) is 11.8. The van der Waals surface area contributed by atoms with Crippen molar-refractivity contribution in [2.45, 2.75) is 59.3 Å². The third-order valence-electron chi connectivity index (χ3n) is 8.54. The van der Waals surface area contributed by atoms with Gasteiger partial charge in [-0.3, -0.25) is 0 Å². The summed E-state index contributed by atoms with van der Waals surface area (Å²) < 4.78 is 5.84. The minimum Gasteiger partial charge on any atom is -0.507 e. The Bertz CT molecular complexity index is 1490. The van der Waals surface area contributed by atoms with Crippen molar-refractivity contribution in [1.29, 1.82) is 0 Å². The maximum atomic E-state index is 11.5. The third-order valence-corrected chi connectivity index (χ3v) is 8.54. The fraction of sp³-hybridized carbons (Fsp3) is 0.353. The lowest BCUT2D eigenvalue weighted by Gasteiger charge is -2.51. The van der Waals surface area contributed by atoms with Crippen LogP contribution in [0, 0.1) is 17.8 Å². The molecule has 0 atom stereocenters. The Morgan fingerprint density at radius 1 is 0.722 bits per heavy atom. The van der Waals surface area contributed by atoms with Crippen LogP contribution in [0.2, 0.25) is 0 Å². The maximum absolute atomic E-state index is 11.5. The molecule has 0 bridgehead atoms. The Morgan fingerprint density at radius 3 is 2.06 bits per heavy atom. The molecule has 2 nitrogen and oxygen atoms in total. The van der Waals surface area contributed by atoms with E-state index in [1.807, 2.05) is 6.07 Å². The van der Waals surface area contributed by atoms with Crippen LogP contribution in [0.15, 0.2) is 66.7 Å². The van der Waals surface area contributed by atoms with Crippen molar-refractivity contribution >= 4 is 10.8 Å². The molecule has 4 aromatic carbocycles. The van der Waals surface area contributed by atoms with Gasteiger partial charge in [0.2, 0.25) is 0 Å². The van der Waals surface area contributed by atoms with Gasteiger partial charge in [-0.05, 0) is 88.4 Å². The highest BCUT2D eigenvalue weighted by atomic mass is 16.5. The lowest BCUT2D eigenvalue weighted by Crippen LogP contribution is -2.43. The molecule has 1 fully saturated rings. The number of methoxy groups -OCH3 is 1. The van der Waals surface area contributed by atoms with Gasteiger partial charge >= 0.3 is 0 Å². The van der Waals surface area contributed by atoms with Gasteiger partial charge in [0.15, 0.2) is 0 Å². The molecule has 2 aliphatic carbocycles. The molecule has 0 unspecified atom stereocenters. The molecular weight excluding hydrogens is 440 g/mol. The highest BCUT2D eigenvalue weighted by Gasteiger charge is 2.53. The molecule has 0 heterocycles. The molecule has 2 heteroatoms. The van der Waals surface area contributed by atoms with Gasteiger partial charge in [-0.1, -0.05) is 81.8 Å². The second-order valence-corrected chi connectivity index (χ2v) is 12.8. The number of ether oxygens (including phenoxy) is 1. The smallest absolute Gasteiger partial charge is 0.127 e. The summed E-state index contributed by atoms with van der Waals surface area (Å²) in [6.07, 6.45) is 3.37. The number of rotatable bonds is 2. The van der Waals surface area contributed by atoms with E-state index >= 15 is 0 Å². The molecule has 0 aromatic heterocycles. The van der Waals surface area contributed by atoms with Crippen LogP contribution in [0.3, 0.4) is 0 Å². The molecule has 2 aliphatic rings. The van der Waals surface area contributed by atoms with Crippen molar-refractivity contribution in [3.8, 4) is 33.8 Å². The van der Waals surface area contributed by atoms with Crippen molar-refractivity contribution in [1.82, 2.24) is 0 Å². The number of benzene rings is 4. The first-order chi connectivity index (χ1) is 17.0. The second kappa shape index (κ2) is 7.62. The van der Waals surface area contributed by atoms with Crippen molar-refractivity contribution in [2.24, 2.45) is 10.8 Å². The molecule has 1 N–H and O–H groups in total. The zero-order chi connectivity index (χ0) is 25.5. The number of fused-ring (bicyclic) bond motifs is 7. The lowest BCUT2D eigenvalue weighted by atomic mass is 9.52. The maximum Gasteiger partial charge on any atom is 0.127 e. The first-order valence-corrected chi connectivity index (χ1v) is 13.1. The number of phenolic OH excluding ortho intramolecular Hbond substituents is 1. The van der Waals surface area contributed by atoms with Crippen molar-refractivity contribution in [2.75, 3.05) is 7.11 Å². The van der Waals surface area contributed by atoms with Crippen LogP contribution in [-0.2, 0) is 5.41 Å². The topological polar surface area (TPSA) is 29.5 Å². The first-order valence-electron chi connectivity index (χ1n) is 13.1. The Hall–Kier alpha value is -3.26.